The fourth-order valence-electron chi connectivity index (χ4n) is 1.42. The van der Waals surface area contributed by atoms with E-state index in [1.807, 2.05) is 32.0 Å². The summed E-state index contributed by atoms with van der Waals surface area (Å²) in [5, 5.41) is 0. The van der Waals surface area contributed by atoms with Crippen LogP contribution in [0.4, 0.5) is 5.69 Å². The van der Waals surface area contributed by atoms with Gasteiger partial charge in [0.2, 0.25) is 5.88 Å². The van der Waals surface area contributed by atoms with Gasteiger partial charge in [0.05, 0.1) is 4.47 Å². The van der Waals surface area contributed by atoms with Gasteiger partial charge in [-0.2, -0.15) is 0 Å². The Morgan fingerprint density at radius 2 is 1.94 bits per heavy atom. The maximum atomic E-state index is 5.76. The Bertz CT molecular complexity index is 555. The molecule has 1 heterocycles. The van der Waals surface area contributed by atoms with Gasteiger partial charge in [0, 0.05) is 18.0 Å². The molecular formula is C13H13BrN2O. The number of aryl methyl sites for hydroxylation is 2. The standard InChI is InChI=1S/C13H13BrN2O/c1-8-3-4-10(15)7-11(8)17-13-12(14)9(2)5-6-16-13/h3-7H,15H2,1-2H3. The summed E-state index contributed by atoms with van der Waals surface area (Å²) in [6, 6.07) is 7.49. The number of nitrogens with zero attached hydrogens (tertiary/aromatic N) is 1. The summed E-state index contributed by atoms with van der Waals surface area (Å²) in [4.78, 5) is 4.20. The maximum Gasteiger partial charge on any atom is 0.233 e. The number of anilines is 1. The normalized spacial score (nSPS) is 10.3. The SMILES string of the molecule is Cc1ccc(N)cc1Oc1nccc(C)c1Br. The van der Waals surface area contributed by atoms with Crippen LogP contribution in [0.15, 0.2) is 34.9 Å². The molecule has 0 amide bonds. The molecule has 0 fully saturated rings. The van der Waals surface area contributed by atoms with Gasteiger partial charge in [-0.25, -0.2) is 4.98 Å². The highest BCUT2D eigenvalue weighted by atomic mass is 79.9. The van der Waals surface area contributed by atoms with Crippen LogP contribution in [0.2, 0.25) is 0 Å². The Kier molecular flexibility index (Phi) is 3.33. The fourth-order valence-corrected chi connectivity index (χ4v) is 1.73. The van der Waals surface area contributed by atoms with E-state index in [4.69, 9.17) is 10.5 Å². The van der Waals surface area contributed by atoms with E-state index in [1.165, 1.54) is 0 Å². The second-order valence-electron chi connectivity index (χ2n) is 3.87. The summed E-state index contributed by atoms with van der Waals surface area (Å²) >= 11 is 3.46. The molecule has 3 nitrogen and oxygen atoms in total. The molecule has 0 aliphatic heterocycles. The highest BCUT2D eigenvalue weighted by molar-refractivity contribution is 9.10. The Labute approximate surface area is 109 Å². The lowest BCUT2D eigenvalue weighted by atomic mass is 10.2. The van der Waals surface area contributed by atoms with E-state index in [9.17, 15) is 0 Å². The lowest BCUT2D eigenvalue weighted by molar-refractivity contribution is 0.456. The smallest absolute Gasteiger partial charge is 0.233 e. The molecule has 2 rings (SSSR count). The summed E-state index contributed by atoms with van der Waals surface area (Å²) in [5.74, 6) is 1.28. The number of pyridine rings is 1. The topological polar surface area (TPSA) is 48.1 Å². The van der Waals surface area contributed by atoms with Crippen molar-refractivity contribution >= 4 is 21.6 Å². The molecule has 0 saturated heterocycles. The first-order valence-corrected chi connectivity index (χ1v) is 6.02. The molecule has 0 atom stereocenters. The van der Waals surface area contributed by atoms with Crippen LogP contribution in [0.1, 0.15) is 11.1 Å². The Balaban J connectivity index is 2.38. The monoisotopic (exact) mass is 292 g/mol. The molecule has 4 heteroatoms. The van der Waals surface area contributed by atoms with Gasteiger partial charge in [0.15, 0.2) is 0 Å². The second-order valence-corrected chi connectivity index (χ2v) is 4.67. The van der Waals surface area contributed by atoms with Crippen molar-refractivity contribution in [2.45, 2.75) is 13.8 Å². The summed E-state index contributed by atoms with van der Waals surface area (Å²) in [6.07, 6.45) is 1.72. The zero-order valence-electron chi connectivity index (χ0n) is 9.70. The van der Waals surface area contributed by atoms with E-state index in [-0.39, 0.29) is 0 Å². The molecule has 2 N–H and O–H groups in total. The number of rotatable bonds is 2. The van der Waals surface area contributed by atoms with Gasteiger partial charge in [-0.1, -0.05) is 6.07 Å². The third kappa shape index (κ3) is 2.58. The maximum absolute atomic E-state index is 5.76. The van der Waals surface area contributed by atoms with E-state index in [2.05, 4.69) is 20.9 Å². The lowest BCUT2D eigenvalue weighted by Gasteiger charge is -2.10. The highest BCUT2D eigenvalue weighted by Gasteiger charge is 2.08. The Morgan fingerprint density at radius 1 is 1.18 bits per heavy atom. The van der Waals surface area contributed by atoms with Crippen molar-refractivity contribution in [2.75, 3.05) is 5.73 Å². The highest BCUT2D eigenvalue weighted by Crippen LogP contribution is 2.32. The van der Waals surface area contributed by atoms with Crippen LogP contribution in [0.5, 0.6) is 11.6 Å². The second kappa shape index (κ2) is 4.75. The summed E-state index contributed by atoms with van der Waals surface area (Å²) in [5.41, 5.74) is 8.52. The van der Waals surface area contributed by atoms with Crippen LogP contribution in [0.25, 0.3) is 0 Å². The molecule has 17 heavy (non-hydrogen) atoms. The molecule has 0 radical (unpaired) electrons. The quantitative estimate of drug-likeness (QED) is 0.856. The van der Waals surface area contributed by atoms with E-state index < -0.39 is 0 Å². The lowest BCUT2D eigenvalue weighted by Crippen LogP contribution is -1.94. The number of benzene rings is 1. The molecule has 0 aliphatic carbocycles. The Hall–Kier alpha value is -1.55. The molecule has 88 valence electrons. The number of hydrogen-bond donors (Lipinski definition) is 1. The first-order valence-electron chi connectivity index (χ1n) is 5.23. The van der Waals surface area contributed by atoms with Crippen molar-refractivity contribution in [1.29, 1.82) is 0 Å². The molecule has 0 unspecified atom stereocenters. The zero-order valence-corrected chi connectivity index (χ0v) is 11.3. The van der Waals surface area contributed by atoms with E-state index in [0.717, 1.165) is 21.3 Å². The van der Waals surface area contributed by atoms with Crippen LogP contribution < -0.4 is 10.5 Å². The van der Waals surface area contributed by atoms with Gasteiger partial charge >= 0.3 is 0 Å². The largest absolute Gasteiger partial charge is 0.438 e. The first kappa shape index (κ1) is 11.9. The van der Waals surface area contributed by atoms with E-state index in [1.54, 1.807) is 12.3 Å². The average Bonchev–Trinajstić information content (AvgIpc) is 2.30. The van der Waals surface area contributed by atoms with Crippen LogP contribution in [0, 0.1) is 13.8 Å². The van der Waals surface area contributed by atoms with Crippen molar-refractivity contribution in [3.05, 3.63) is 46.1 Å². The van der Waals surface area contributed by atoms with Crippen LogP contribution in [-0.4, -0.2) is 4.98 Å². The third-order valence-electron chi connectivity index (χ3n) is 2.47. The zero-order chi connectivity index (χ0) is 12.4. The molecule has 0 aliphatic rings. The Morgan fingerprint density at radius 3 is 2.71 bits per heavy atom. The molecular weight excluding hydrogens is 280 g/mol. The van der Waals surface area contributed by atoms with Crippen molar-refractivity contribution in [1.82, 2.24) is 4.98 Å². The predicted octanol–water partition coefficient (Wildman–Crippen LogP) is 3.84. The van der Waals surface area contributed by atoms with Gasteiger partial charge in [-0.05, 0) is 53.0 Å². The molecule has 1 aromatic heterocycles. The van der Waals surface area contributed by atoms with Crippen LogP contribution in [0.3, 0.4) is 0 Å². The van der Waals surface area contributed by atoms with Crippen LogP contribution in [-0.2, 0) is 0 Å². The fraction of sp³-hybridized carbons (Fsp3) is 0.154. The van der Waals surface area contributed by atoms with Gasteiger partial charge in [0.25, 0.3) is 0 Å². The number of aromatic nitrogens is 1. The molecule has 0 spiro atoms. The number of nitrogen functional groups attached to an aromatic ring is 1. The number of ether oxygens (including phenoxy) is 1. The minimum absolute atomic E-state index is 0.554. The minimum Gasteiger partial charge on any atom is -0.438 e. The average molecular weight is 293 g/mol. The van der Waals surface area contributed by atoms with Gasteiger partial charge in [-0.15, -0.1) is 0 Å². The van der Waals surface area contributed by atoms with Crippen molar-refractivity contribution < 1.29 is 4.74 Å². The summed E-state index contributed by atoms with van der Waals surface area (Å²) < 4.78 is 6.63. The van der Waals surface area contributed by atoms with Crippen molar-refractivity contribution in [3.63, 3.8) is 0 Å². The van der Waals surface area contributed by atoms with Crippen LogP contribution >= 0.6 is 15.9 Å². The van der Waals surface area contributed by atoms with Gasteiger partial charge in [0.1, 0.15) is 5.75 Å². The van der Waals surface area contributed by atoms with Crippen molar-refractivity contribution in [2.24, 2.45) is 0 Å². The third-order valence-corrected chi connectivity index (χ3v) is 3.43. The summed E-state index contributed by atoms with van der Waals surface area (Å²) in [7, 11) is 0. The number of nitrogens with two attached hydrogens (primary N) is 1. The van der Waals surface area contributed by atoms with Gasteiger partial charge in [-0.3, -0.25) is 0 Å². The molecule has 1 aromatic carbocycles. The molecule has 0 bridgehead atoms. The van der Waals surface area contributed by atoms with E-state index in [0.29, 0.717) is 11.6 Å². The predicted molar refractivity (Wildman–Crippen MR) is 72.3 cm³/mol. The number of halogens is 1. The van der Waals surface area contributed by atoms with Crippen molar-refractivity contribution in [3.8, 4) is 11.6 Å². The summed E-state index contributed by atoms with van der Waals surface area (Å²) in [6.45, 7) is 3.96. The molecule has 0 saturated carbocycles. The first-order chi connectivity index (χ1) is 8.08. The molecule has 2 aromatic rings. The number of hydrogen-bond acceptors (Lipinski definition) is 3. The van der Waals surface area contributed by atoms with E-state index >= 15 is 0 Å². The minimum atomic E-state index is 0.554. The van der Waals surface area contributed by atoms with Gasteiger partial charge < -0.3 is 10.5 Å².